The van der Waals surface area contributed by atoms with Gasteiger partial charge in [0.15, 0.2) is 0 Å². The van der Waals surface area contributed by atoms with E-state index in [0.717, 1.165) is 23.8 Å². The van der Waals surface area contributed by atoms with Crippen molar-refractivity contribution in [2.24, 2.45) is 17.8 Å². The number of benzene rings is 1. The third-order valence-electron chi connectivity index (χ3n) is 4.68. The molecule has 19 heavy (non-hydrogen) atoms. The average Bonchev–Trinajstić information content (AvgIpc) is 3.01. The highest BCUT2D eigenvalue weighted by molar-refractivity contribution is 6.30. The highest BCUT2D eigenvalue weighted by atomic mass is 35.5. The van der Waals surface area contributed by atoms with Crippen LogP contribution in [0.2, 0.25) is 5.02 Å². The minimum absolute atomic E-state index is 0.272. The summed E-state index contributed by atoms with van der Waals surface area (Å²) in [6.07, 6.45) is 5.86. The van der Waals surface area contributed by atoms with E-state index in [1.807, 2.05) is 18.2 Å². The van der Waals surface area contributed by atoms with Crippen LogP contribution in [0.1, 0.15) is 31.2 Å². The van der Waals surface area contributed by atoms with Crippen LogP contribution in [0.25, 0.3) is 0 Å². The van der Waals surface area contributed by atoms with Gasteiger partial charge in [-0.15, -0.1) is 0 Å². The minimum atomic E-state index is 0.272. The molecule has 1 N–H and O–H groups in total. The fraction of sp³-hybridized carbons (Fsp3) is 0.562. The van der Waals surface area contributed by atoms with Gasteiger partial charge in [-0.05, 0) is 55.2 Å². The minimum Gasteiger partial charge on any atom is -0.356 e. The van der Waals surface area contributed by atoms with Gasteiger partial charge in [-0.25, -0.2) is 0 Å². The zero-order valence-electron chi connectivity index (χ0n) is 11.1. The van der Waals surface area contributed by atoms with Crippen molar-refractivity contribution in [1.82, 2.24) is 5.32 Å². The Morgan fingerprint density at radius 3 is 2.89 bits per heavy atom. The number of rotatable bonds is 4. The molecule has 0 heterocycles. The molecule has 3 rings (SSSR count). The van der Waals surface area contributed by atoms with Crippen molar-refractivity contribution >= 4 is 17.5 Å². The summed E-state index contributed by atoms with van der Waals surface area (Å²) in [5.41, 5.74) is 1.18. The fourth-order valence-corrected chi connectivity index (χ4v) is 3.93. The quantitative estimate of drug-likeness (QED) is 0.897. The molecule has 1 aromatic rings. The van der Waals surface area contributed by atoms with Crippen molar-refractivity contribution in [3.05, 3.63) is 34.9 Å². The van der Waals surface area contributed by atoms with E-state index >= 15 is 0 Å². The van der Waals surface area contributed by atoms with Gasteiger partial charge in [-0.3, -0.25) is 4.79 Å². The molecule has 2 fully saturated rings. The van der Waals surface area contributed by atoms with Crippen molar-refractivity contribution in [2.45, 2.75) is 32.1 Å². The molecule has 2 aliphatic carbocycles. The van der Waals surface area contributed by atoms with E-state index in [9.17, 15) is 4.79 Å². The normalized spacial score (nSPS) is 28.6. The van der Waals surface area contributed by atoms with Crippen molar-refractivity contribution in [2.75, 3.05) is 6.54 Å². The summed E-state index contributed by atoms with van der Waals surface area (Å²) in [6, 6.07) is 7.84. The second-order valence-corrected chi connectivity index (χ2v) is 6.39. The number of fused-ring (bicyclic) bond motifs is 2. The van der Waals surface area contributed by atoms with Gasteiger partial charge >= 0.3 is 0 Å². The maximum Gasteiger partial charge on any atom is 0.223 e. The number of nitrogens with one attached hydrogen (secondary N) is 1. The van der Waals surface area contributed by atoms with Crippen LogP contribution in [0.3, 0.4) is 0 Å². The molecular formula is C16H20ClNO. The van der Waals surface area contributed by atoms with Crippen LogP contribution in [0, 0.1) is 17.8 Å². The first-order valence-electron chi connectivity index (χ1n) is 7.24. The molecule has 0 spiro atoms. The Kier molecular flexibility index (Phi) is 3.79. The summed E-state index contributed by atoms with van der Waals surface area (Å²) in [7, 11) is 0. The highest BCUT2D eigenvalue weighted by Gasteiger charge is 2.42. The third-order valence-corrected chi connectivity index (χ3v) is 4.91. The summed E-state index contributed by atoms with van der Waals surface area (Å²) in [5, 5.41) is 3.86. The van der Waals surface area contributed by atoms with Gasteiger partial charge in [0, 0.05) is 17.5 Å². The van der Waals surface area contributed by atoms with E-state index in [0.29, 0.717) is 12.5 Å². The van der Waals surface area contributed by atoms with Gasteiger partial charge in [0.05, 0.1) is 0 Å². The van der Waals surface area contributed by atoms with Gasteiger partial charge in [0.25, 0.3) is 0 Å². The summed E-state index contributed by atoms with van der Waals surface area (Å²) < 4.78 is 0. The van der Waals surface area contributed by atoms with Gasteiger partial charge in [-0.1, -0.05) is 30.2 Å². The maximum atomic E-state index is 12.2. The zero-order chi connectivity index (χ0) is 13.2. The van der Waals surface area contributed by atoms with Crippen LogP contribution in [0.4, 0.5) is 0 Å². The van der Waals surface area contributed by atoms with E-state index in [1.54, 1.807) is 0 Å². The van der Waals surface area contributed by atoms with Crippen LogP contribution in [-0.4, -0.2) is 12.5 Å². The molecule has 0 unspecified atom stereocenters. The van der Waals surface area contributed by atoms with Gasteiger partial charge in [0.2, 0.25) is 5.91 Å². The molecule has 0 radical (unpaired) electrons. The van der Waals surface area contributed by atoms with E-state index in [1.165, 1.54) is 24.8 Å². The maximum absolute atomic E-state index is 12.2. The molecule has 0 aliphatic heterocycles. The smallest absolute Gasteiger partial charge is 0.223 e. The standard InChI is InChI=1S/C16H20ClNO/c17-14-3-1-2-11(9-14)6-7-18-16(19)15-10-12-4-5-13(15)8-12/h1-3,9,12-13,15H,4-8,10H2,(H,18,19)/t12-,13-,15-/m0/s1. The molecule has 2 saturated carbocycles. The lowest BCUT2D eigenvalue weighted by molar-refractivity contribution is -0.126. The molecule has 1 amide bonds. The highest BCUT2D eigenvalue weighted by Crippen LogP contribution is 2.48. The van der Waals surface area contributed by atoms with Crippen LogP contribution in [-0.2, 0) is 11.2 Å². The van der Waals surface area contributed by atoms with Crippen molar-refractivity contribution in [3.8, 4) is 0 Å². The molecule has 0 saturated heterocycles. The van der Waals surface area contributed by atoms with E-state index in [4.69, 9.17) is 11.6 Å². The second-order valence-electron chi connectivity index (χ2n) is 5.95. The number of hydrogen-bond donors (Lipinski definition) is 1. The summed E-state index contributed by atoms with van der Waals surface area (Å²) in [4.78, 5) is 12.2. The first kappa shape index (κ1) is 13.0. The molecule has 3 atom stereocenters. The van der Waals surface area contributed by atoms with Crippen LogP contribution >= 0.6 is 11.6 Å². The summed E-state index contributed by atoms with van der Waals surface area (Å²) in [5.74, 6) is 2.05. The van der Waals surface area contributed by atoms with E-state index in [2.05, 4.69) is 11.4 Å². The van der Waals surface area contributed by atoms with Crippen LogP contribution in [0.5, 0.6) is 0 Å². The van der Waals surface area contributed by atoms with Crippen molar-refractivity contribution in [1.29, 1.82) is 0 Å². The van der Waals surface area contributed by atoms with Crippen molar-refractivity contribution in [3.63, 3.8) is 0 Å². The number of amides is 1. The molecule has 3 heteroatoms. The van der Waals surface area contributed by atoms with E-state index < -0.39 is 0 Å². The summed E-state index contributed by atoms with van der Waals surface area (Å²) in [6.45, 7) is 0.715. The Morgan fingerprint density at radius 1 is 1.32 bits per heavy atom. The molecular weight excluding hydrogens is 258 g/mol. The SMILES string of the molecule is O=C(NCCc1cccc(Cl)c1)[C@H]1C[C@H]2CC[C@H]1C2. The lowest BCUT2D eigenvalue weighted by atomic mass is 9.88. The third kappa shape index (κ3) is 2.94. The Bertz CT molecular complexity index is 474. The fourth-order valence-electron chi connectivity index (χ4n) is 3.72. The summed E-state index contributed by atoms with van der Waals surface area (Å²) >= 11 is 5.95. The number of halogens is 1. The van der Waals surface area contributed by atoms with Crippen LogP contribution < -0.4 is 5.32 Å². The molecule has 1 aromatic carbocycles. The first-order valence-corrected chi connectivity index (χ1v) is 7.62. The topological polar surface area (TPSA) is 29.1 Å². The predicted molar refractivity (Wildman–Crippen MR) is 77.1 cm³/mol. The Morgan fingerprint density at radius 2 is 2.21 bits per heavy atom. The number of carbonyl (C=O) groups excluding carboxylic acids is 1. The van der Waals surface area contributed by atoms with Gasteiger partial charge < -0.3 is 5.32 Å². The number of carbonyl (C=O) groups is 1. The largest absolute Gasteiger partial charge is 0.356 e. The monoisotopic (exact) mass is 277 g/mol. The van der Waals surface area contributed by atoms with Crippen LogP contribution in [0.15, 0.2) is 24.3 Å². The molecule has 2 aliphatic rings. The second kappa shape index (κ2) is 5.54. The molecule has 102 valence electrons. The average molecular weight is 278 g/mol. The Hall–Kier alpha value is -1.02. The van der Waals surface area contributed by atoms with E-state index in [-0.39, 0.29) is 11.8 Å². The van der Waals surface area contributed by atoms with Crippen molar-refractivity contribution < 1.29 is 4.79 Å². The lowest BCUT2D eigenvalue weighted by Crippen LogP contribution is -2.34. The first-order chi connectivity index (χ1) is 9.22. The Balaban J connectivity index is 1.46. The molecule has 2 nitrogen and oxygen atoms in total. The zero-order valence-corrected chi connectivity index (χ0v) is 11.8. The van der Waals surface area contributed by atoms with Gasteiger partial charge in [0.1, 0.15) is 0 Å². The lowest BCUT2D eigenvalue weighted by Gasteiger charge is -2.20. The predicted octanol–water partition coefficient (Wildman–Crippen LogP) is 3.43. The molecule has 2 bridgehead atoms. The Labute approximate surface area is 119 Å². The van der Waals surface area contributed by atoms with Gasteiger partial charge in [-0.2, -0.15) is 0 Å². The molecule has 0 aromatic heterocycles. The number of hydrogen-bond acceptors (Lipinski definition) is 1.